The number of hydrogen-bond acceptors (Lipinski definition) is 2. The number of hydrogen-bond donors (Lipinski definition) is 1. The number of furan rings is 1. The van der Waals surface area contributed by atoms with Crippen molar-refractivity contribution < 1.29 is 4.42 Å². The van der Waals surface area contributed by atoms with Gasteiger partial charge in [0.2, 0.25) is 0 Å². The summed E-state index contributed by atoms with van der Waals surface area (Å²) in [6.45, 7) is 5.94. The van der Waals surface area contributed by atoms with Crippen LogP contribution in [0.5, 0.6) is 0 Å². The first-order valence-corrected chi connectivity index (χ1v) is 5.98. The minimum Gasteiger partial charge on any atom is -0.459 e. The molecule has 0 spiro atoms. The van der Waals surface area contributed by atoms with E-state index in [1.165, 1.54) is 0 Å². The minimum atomic E-state index is 0.756. The second kappa shape index (κ2) is 4.89. The van der Waals surface area contributed by atoms with Gasteiger partial charge in [0.05, 0.1) is 11.6 Å². The van der Waals surface area contributed by atoms with Crippen LogP contribution in [0.4, 0.5) is 0 Å². The Hall–Kier alpha value is -0.990. The van der Waals surface area contributed by atoms with Crippen LogP contribution in [-0.2, 0) is 6.54 Å². The number of halogens is 1. The topological polar surface area (TPSA) is 25.2 Å². The summed E-state index contributed by atoms with van der Waals surface area (Å²) < 4.78 is 5.78. The van der Waals surface area contributed by atoms with Crippen molar-refractivity contribution in [3.05, 3.63) is 34.5 Å². The van der Waals surface area contributed by atoms with E-state index in [0.717, 1.165) is 46.8 Å². The van der Waals surface area contributed by atoms with Crippen LogP contribution in [0.25, 0.3) is 11.0 Å². The fourth-order valence-electron chi connectivity index (χ4n) is 1.75. The zero-order valence-electron chi connectivity index (χ0n) is 9.64. The Kier molecular flexibility index (Phi) is 3.52. The summed E-state index contributed by atoms with van der Waals surface area (Å²) in [5.41, 5.74) is 2.03. The van der Waals surface area contributed by atoms with Gasteiger partial charge in [0.15, 0.2) is 0 Å². The van der Waals surface area contributed by atoms with Crippen LogP contribution in [0.2, 0.25) is 5.02 Å². The average Bonchev–Trinajstić information content (AvgIpc) is 2.69. The number of rotatable bonds is 4. The Morgan fingerprint density at radius 2 is 2.19 bits per heavy atom. The summed E-state index contributed by atoms with van der Waals surface area (Å²) >= 11 is 6.12. The van der Waals surface area contributed by atoms with Crippen molar-refractivity contribution in [3.8, 4) is 0 Å². The predicted octanol–water partition coefficient (Wildman–Crippen LogP) is 3.89. The summed E-state index contributed by atoms with van der Waals surface area (Å²) in [6, 6.07) is 5.92. The van der Waals surface area contributed by atoms with E-state index in [2.05, 4.69) is 12.2 Å². The average molecular weight is 238 g/mol. The van der Waals surface area contributed by atoms with E-state index in [4.69, 9.17) is 16.0 Å². The maximum atomic E-state index is 6.12. The maximum absolute atomic E-state index is 6.12. The van der Waals surface area contributed by atoms with E-state index in [1.807, 2.05) is 25.1 Å². The lowest BCUT2D eigenvalue weighted by molar-refractivity contribution is 0.512. The van der Waals surface area contributed by atoms with Crippen molar-refractivity contribution in [1.29, 1.82) is 0 Å². The standard InChI is InChI=1S/C13H16ClNO/c1-3-6-15-8-10-7-11-12(14)5-4-9(2)13(11)16-10/h4-5,7,15H,3,6,8H2,1-2H3. The van der Waals surface area contributed by atoms with E-state index >= 15 is 0 Å². The lowest BCUT2D eigenvalue weighted by Crippen LogP contribution is -2.12. The van der Waals surface area contributed by atoms with Crippen molar-refractivity contribution in [2.24, 2.45) is 0 Å². The molecule has 0 radical (unpaired) electrons. The first kappa shape index (κ1) is 11.5. The van der Waals surface area contributed by atoms with Crippen molar-refractivity contribution in [2.75, 3.05) is 6.54 Å². The highest BCUT2D eigenvalue weighted by atomic mass is 35.5. The SMILES string of the molecule is CCCNCc1cc2c(Cl)ccc(C)c2o1. The van der Waals surface area contributed by atoms with Crippen LogP contribution in [0.3, 0.4) is 0 Å². The van der Waals surface area contributed by atoms with Crippen molar-refractivity contribution in [2.45, 2.75) is 26.8 Å². The monoisotopic (exact) mass is 237 g/mol. The van der Waals surface area contributed by atoms with Crippen LogP contribution in [0.15, 0.2) is 22.6 Å². The molecule has 0 aliphatic rings. The fourth-order valence-corrected chi connectivity index (χ4v) is 1.95. The van der Waals surface area contributed by atoms with Gasteiger partial charge in [-0.15, -0.1) is 0 Å². The van der Waals surface area contributed by atoms with Crippen LogP contribution in [0.1, 0.15) is 24.7 Å². The van der Waals surface area contributed by atoms with Crippen LogP contribution < -0.4 is 5.32 Å². The summed E-state index contributed by atoms with van der Waals surface area (Å²) in [6.07, 6.45) is 1.13. The molecule has 0 fully saturated rings. The molecule has 1 aromatic carbocycles. The quantitative estimate of drug-likeness (QED) is 0.816. The molecule has 2 rings (SSSR count). The Morgan fingerprint density at radius 1 is 1.38 bits per heavy atom. The molecule has 0 saturated carbocycles. The third kappa shape index (κ3) is 2.23. The largest absolute Gasteiger partial charge is 0.459 e. The molecule has 0 saturated heterocycles. The molecule has 0 aliphatic carbocycles. The molecule has 1 aromatic heterocycles. The van der Waals surface area contributed by atoms with E-state index in [1.54, 1.807) is 0 Å². The highest BCUT2D eigenvalue weighted by Gasteiger charge is 2.08. The second-order valence-electron chi connectivity index (χ2n) is 4.00. The third-order valence-corrected chi connectivity index (χ3v) is 2.93. The Morgan fingerprint density at radius 3 is 2.88 bits per heavy atom. The number of fused-ring (bicyclic) bond motifs is 1. The van der Waals surface area contributed by atoms with Crippen LogP contribution in [0, 0.1) is 6.92 Å². The summed E-state index contributed by atoms with van der Waals surface area (Å²) in [7, 11) is 0. The van der Waals surface area contributed by atoms with Gasteiger partial charge in [0.25, 0.3) is 0 Å². The van der Waals surface area contributed by atoms with Gasteiger partial charge in [-0.05, 0) is 37.6 Å². The van der Waals surface area contributed by atoms with Gasteiger partial charge in [0.1, 0.15) is 11.3 Å². The molecule has 0 amide bonds. The molecule has 2 nitrogen and oxygen atoms in total. The molecular formula is C13H16ClNO. The first-order chi connectivity index (χ1) is 7.72. The highest BCUT2D eigenvalue weighted by molar-refractivity contribution is 6.35. The molecule has 1 heterocycles. The molecule has 0 unspecified atom stereocenters. The molecule has 0 atom stereocenters. The van der Waals surface area contributed by atoms with Gasteiger partial charge in [-0.2, -0.15) is 0 Å². The van der Waals surface area contributed by atoms with Crippen molar-refractivity contribution in [1.82, 2.24) is 5.32 Å². The molecule has 16 heavy (non-hydrogen) atoms. The van der Waals surface area contributed by atoms with Crippen LogP contribution >= 0.6 is 11.6 Å². The van der Waals surface area contributed by atoms with Crippen molar-refractivity contribution in [3.63, 3.8) is 0 Å². The van der Waals surface area contributed by atoms with Gasteiger partial charge in [-0.3, -0.25) is 0 Å². The maximum Gasteiger partial charge on any atom is 0.138 e. The van der Waals surface area contributed by atoms with Crippen LogP contribution in [-0.4, -0.2) is 6.54 Å². The predicted molar refractivity (Wildman–Crippen MR) is 68.0 cm³/mol. The van der Waals surface area contributed by atoms with E-state index in [-0.39, 0.29) is 0 Å². The molecular weight excluding hydrogens is 222 g/mol. The van der Waals surface area contributed by atoms with Gasteiger partial charge in [-0.1, -0.05) is 24.6 Å². The summed E-state index contributed by atoms with van der Waals surface area (Å²) in [5, 5.41) is 5.08. The highest BCUT2D eigenvalue weighted by Crippen LogP contribution is 2.29. The Bertz CT molecular complexity index is 451. The second-order valence-corrected chi connectivity index (χ2v) is 4.40. The number of benzene rings is 1. The third-order valence-electron chi connectivity index (χ3n) is 2.60. The molecule has 3 heteroatoms. The molecule has 0 bridgehead atoms. The smallest absolute Gasteiger partial charge is 0.138 e. The van der Waals surface area contributed by atoms with E-state index < -0.39 is 0 Å². The zero-order chi connectivity index (χ0) is 11.5. The van der Waals surface area contributed by atoms with Gasteiger partial charge in [-0.25, -0.2) is 0 Å². The van der Waals surface area contributed by atoms with Crippen molar-refractivity contribution >= 4 is 22.6 Å². The van der Waals surface area contributed by atoms with E-state index in [9.17, 15) is 0 Å². The summed E-state index contributed by atoms with van der Waals surface area (Å²) in [5.74, 6) is 0.944. The Labute approximate surface area is 101 Å². The Balaban J connectivity index is 2.29. The van der Waals surface area contributed by atoms with Gasteiger partial charge < -0.3 is 9.73 Å². The molecule has 0 aliphatic heterocycles. The summed E-state index contributed by atoms with van der Waals surface area (Å²) in [4.78, 5) is 0. The lowest BCUT2D eigenvalue weighted by atomic mass is 10.2. The number of nitrogens with one attached hydrogen (secondary N) is 1. The van der Waals surface area contributed by atoms with Gasteiger partial charge in [0, 0.05) is 5.39 Å². The fraction of sp³-hybridized carbons (Fsp3) is 0.385. The van der Waals surface area contributed by atoms with E-state index in [0.29, 0.717) is 0 Å². The molecule has 1 N–H and O–H groups in total. The molecule has 86 valence electrons. The minimum absolute atomic E-state index is 0.756. The first-order valence-electron chi connectivity index (χ1n) is 5.60. The zero-order valence-corrected chi connectivity index (χ0v) is 10.4. The normalized spacial score (nSPS) is 11.2. The number of aryl methyl sites for hydroxylation is 1. The molecule has 2 aromatic rings. The lowest BCUT2D eigenvalue weighted by Gasteiger charge is -1.98. The van der Waals surface area contributed by atoms with Gasteiger partial charge >= 0.3 is 0 Å².